The molecule has 1 aliphatic rings. The van der Waals surface area contributed by atoms with E-state index in [0.717, 1.165) is 53.7 Å². The van der Waals surface area contributed by atoms with Crippen LogP contribution < -0.4 is 5.73 Å². The Morgan fingerprint density at radius 2 is 2.17 bits per heavy atom. The summed E-state index contributed by atoms with van der Waals surface area (Å²) in [6.45, 7) is 10.2. The molecule has 1 saturated carbocycles. The van der Waals surface area contributed by atoms with Crippen LogP contribution in [0, 0.1) is 0 Å². The molecule has 2 N–H and O–H groups in total. The summed E-state index contributed by atoms with van der Waals surface area (Å²) in [5, 5.41) is 0.469. The average Bonchev–Trinajstić information content (AvgIpc) is 2.80. The molecule has 0 aromatic carbocycles. The summed E-state index contributed by atoms with van der Waals surface area (Å²) in [6, 6.07) is 0. The fourth-order valence-corrected chi connectivity index (χ4v) is 2.23. The fourth-order valence-electron chi connectivity index (χ4n) is 2.10. The maximum atomic E-state index is 6.20. The molecule has 0 amide bonds. The molecule has 0 bridgehead atoms. The van der Waals surface area contributed by atoms with Crippen molar-refractivity contribution < 1.29 is 0 Å². The minimum Gasteiger partial charge on any atom is -0.398 e. The predicted molar refractivity (Wildman–Crippen MR) is 80.9 cm³/mol. The van der Waals surface area contributed by atoms with E-state index in [1.807, 2.05) is 6.08 Å². The van der Waals surface area contributed by atoms with Gasteiger partial charge in [-0.2, -0.15) is 0 Å². The highest BCUT2D eigenvalue weighted by atomic mass is 35.5. The molecule has 0 atom stereocenters. The summed E-state index contributed by atoms with van der Waals surface area (Å²) in [5.41, 5.74) is 11.1. The second-order valence-electron chi connectivity index (χ2n) is 4.40. The Balaban J connectivity index is 3.06. The van der Waals surface area contributed by atoms with Crippen molar-refractivity contribution in [2.75, 3.05) is 7.05 Å². The first-order valence-corrected chi connectivity index (χ1v) is 6.58. The third kappa shape index (κ3) is 3.36. The molecule has 1 aliphatic carbocycles. The van der Waals surface area contributed by atoms with Crippen molar-refractivity contribution in [3.05, 3.63) is 47.2 Å². The highest BCUT2D eigenvalue weighted by molar-refractivity contribution is 6.68. The second-order valence-corrected chi connectivity index (χ2v) is 4.78. The van der Waals surface area contributed by atoms with Gasteiger partial charge in [-0.3, -0.25) is 4.99 Å². The lowest BCUT2D eigenvalue weighted by Gasteiger charge is -2.13. The molecule has 1 fully saturated rings. The Morgan fingerprint density at radius 1 is 1.50 bits per heavy atom. The molecule has 18 heavy (non-hydrogen) atoms. The van der Waals surface area contributed by atoms with Gasteiger partial charge in [-0.15, -0.1) is 0 Å². The highest BCUT2D eigenvalue weighted by Crippen LogP contribution is 2.33. The number of nitrogens with zero attached hydrogens (tertiary/aromatic N) is 1. The van der Waals surface area contributed by atoms with Crippen LogP contribution in [-0.4, -0.2) is 12.2 Å². The van der Waals surface area contributed by atoms with E-state index < -0.39 is 0 Å². The summed E-state index contributed by atoms with van der Waals surface area (Å²) >= 11 is 5.93. The van der Waals surface area contributed by atoms with Gasteiger partial charge in [0.1, 0.15) is 5.17 Å². The Labute approximate surface area is 115 Å². The maximum Gasteiger partial charge on any atom is 0.123 e. The molecule has 3 heteroatoms. The van der Waals surface area contributed by atoms with Crippen LogP contribution in [0.1, 0.15) is 32.6 Å². The molecular weight excluding hydrogens is 244 g/mol. The van der Waals surface area contributed by atoms with Gasteiger partial charge in [0.15, 0.2) is 0 Å². The van der Waals surface area contributed by atoms with Gasteiger partial charge in [0, 0.05) is 12.7 Å². The van der Waals surface area contributed by atoms with Crippen LogP contribution in [0.15, 0.2) is 52.2 Å². The average molecular weight is 265 g/mol. The summed E-state index contributed by atoms with van der Waals surface area (Å²) < 4.78 is 0. The van der Waals surface area contributed by atoms with E-state index in [-0.39, 0.29) is 0 Å². The normalized spacial score (nSPS) is 20.3. The van der Waals surface area contributed by atoms with Crippen LogP contribution in [0.5, 0.6) is 0 Å². The SMILES string of the molecule is C=C(/C(=C/C(Cl)=NC)CC)/C(N)=C1/CCCC1=C. The molecule has 0 spiro atoms. The lowest BCUT2D eigenvalue weighted by molar-refractivity contribution is 0.928. The van der Waals surface area contributed by atoms with Gasteiger partial charge in [-0.25, -0.2) is 0 Å². The highest BCUT2D eigenvalue weighted by Gasteiger charge is 2.17. The molecule has 0 aliphatic heterocycles. The second kappa shape index (κ2) is 6.60. The molecule has 0 aromatic heterocycles. The van der Waals surface area contributed by atoms with Gasteiger partial charge in [-0.05, 0) is 54.1 Å². The Morgan fingerprint density at radius 3 is 2.61 bits per heavy atom. The van der Waals surface area contributed by atoms with E-state index in [1.165, 1.54) is 0 Å². The molecule has 2 nitrogen and oxygen atoms in total. The number of hydrogen-bond donors (Lipinski definition) is 1. The van der Waals surface area contributed by atoms with Gasteiger partial charge in [0.2, 0.25) is 0 Å². The number of aliphatic imine (C=N–C) groups is 1. The van der Waals surface area contributed by atoms with Gasteiger partial charge in [0.25, 0.3) is 0 Å². The minimum atomic E-state index is 0.469. The standard InChI is InChI=1S/C15H21ClN2/c1-5-12(9-14(16)18-4)11(3)15(17)13-8-6-7-10(13)2/h9H,2-3,5-8,17H2,1,4H3/b12-9+,15-13+,18-14?. The topological polar surface area (TPSA) is 38.4 Å². The Bertz CT molecular complexity index is 453. The molecule has 1 rings (SSSR count). The van der Waals surface area contributed by atoms with Crippen molar-refractivity contribution in [3.8, 4) is 0 Å². The van der Waals surface area contributed by atoms with Crippen LogP contribution in [0.4, 0.5) is 0 Å². The van der Waals surface area contributed by atoms with Crippen LogP contribution in [0.3, 0.4) is 0 Å². The van der Waals surface area contributed by atoms with E-state index in [0.29, 0.717) is 5.17 Å². The van der Waals surface area contributed by atoms with E-state index in [2.05, 4.69) is 25.1 Å². The van der Waals surface area contributed by atoms with E-state index >= 15 is 0 Å². The van der Waals surface area contributed by atoms with Crippen molar-refractivity contribution in [3.63, 3.8) is 0 Å². The van der Waals surface area contributed by atoms with E-state index in [4.69, 9.17) is 17.3 Å². The Kier molecular flexibility index (Phi) is 5.42. The zero-order chi connectivity index (χ0) is 13.7. The van der Waals surface area contributed by atoms with E-state index in [1.54, 1.807) is 7.05 Å². The third-order valence-electron chi connectivity index (χ3n) is 3.26. The number of halogens is 1. The lowest BCUT2D eigenvalue weighted by atomic mass is 9.97. The summed E-state index contributed by atoms with van der Waals surface area (Å²) in [6.07, 6.45) is 5.81. The van der Waals surface area contributed by atoms with Gasteiger partial charge in [0.05, 0.1) is 0 Å². The summed E-state index contributed by atoms with van der Waals surface area (Å²) in [4.78, 5) is 3.92. The summed E-state index contributed by atoms with van der Waals surface area (Å²) in [7, 11) is 1.66. The first-order chi connectivity index (χ1) is 8.51. The van der Waals surface area contributed by atoms with Gasteiger partial charge in [-0.1, -0.05) is 31.7 Å². The van der Waals surface area contributed by atoms with Crippen LogP contribution >= 0.6 is 11.6 Å². The lowest BCUT2D eigenvalue weighted by Crippen LogP contribution is -2.07. The van der Waals surface area contributed by atoms with Crippen molar-refractivity contribution in [2.24, 2.45) is 10.7 Å². The van der Waals surface area contributed by atoms with Crippen molar-refractivity contribution in [1.82, 2.24) is 0 Å². The van der Waals surface area contributed by atoms with Crippen LogP contribution in [-0.2, 0) is 0 Å². The number of nitrogens with two attached hydrogens (primary N) is 1. The zero-order valence-electron chi connectivity index (χ0n) is 11.2. The largest absolute Gasteiger partial charge is 0.398 e. The van der Waals surface area contributed by atoms with Crippen molar-refractivity contribution >= 4 is 16.8 Å². The Hall–Kier alpha value is -1.28. The number of hydrogen-bond acceptors (Lipinski definition) is 2. The first kappa shape index (κ1) is 14.8. The fraction of sp³-hybridized carbons (Fsp3) is 0.400. The summed E-state index contributed by atoms with van der Waals surface area (Å²) in [5.74, 6) is 0. The molecule has 0 heterocycles. The maximum absolute atomic E-state index is 6.20. The monoisotopic (exact) mass is 264 g/mol. The van der Waals surface area contributed by atoms with Gasteiger partial charge >= 0.3 is 0 Å². The quantitative estimate of drug-likeness (QED) is 0.603. The van der Waals surface area contributed by atoms with E-state index in [9.17, 15) is 0 Å². The molecule has 0 aromatic rings. The third-order valence-corrected chi connectivity index (χ3v) is 3.54. The van der Waals surface area contributed by atoms with Gasteiger partial charge < -0.3 is 5.73 Å². The van der Waals surface area contributed by atoms with Crippen LogP contribution in [0.25, 0.3) is 0 Å². The van der Waals surface area contributed by atoms with Crippen LogP contribution in [0.2, 0.25) is 0 Å². The number of allylic oxidation sites excluding steroid dienone is 4. The molecule has 0 saturated heterocycles. The molecule has 0 radical (unpaired) electrons. The van der Waals surface area contributed by atoms with Crippen molar-refractivity contribution in [1.29, 1.82) is 0 Å². The van der Waals surface area contributed by atoms with Crippen molar-refractivity contribution in [2.45, 2.75) is 32.6 Å². The minimum absolute atomic E-state index is 0.469. The predicted octanol–water partition coefficient (Wildman–Crippen LogP) is 4.10. The smallest absolute Gasteiger partial charge is 0.123 e. The molecule has 0 unspecified atom stereocenters. The first-order valence-electron chi connectivity index (χ1n) is 6.20. The zero-order valence-corrected chi connectivity index (χ0v) is 12.0. The molecule has 98 valence electrons. The number of rotatable bonds is 4. The molecular formula is C15H21ClN2.